The molecular weight excluding hydrogens is 1220 g/mol. The summed E-state index contributed by atoms with van der Waals surface area (Å²) in [7, 11) is 3.38. The first-order chi connectivity index (χ1) is 40.3. The highest BCUT2D eigenvalue weighted by Gasteiger charge is 2.38. The van der Waals surface area contributed by atoms with E-state index in [2.05, 4.69) is 63.8 Å². The summed E-state index contributed by atoms with van der Waals surface area (Å²) < 4.78 is 3.24. The van der Waals surface area contributed by atoms with E-state index < -0.39 is 137 Å². The van der Waals surface area contributed by atoms with Crippen LogP contribution in [-0.2, 0) is 63.7 Å². The van der Waals surface area contributed by atoms with Crippen molar-refractivity contribution in [1.29, 1.82) is 0 Å². The van der Waals surface area contributed by atoms with Crippen LogP contribution in [0, 0.1) is 11.8 Å². The molecule has 0 saturated carbocycles. The number of Topliss-reactive ketones (excluding diaryl/α,β-unsaturated/α-hetero) is 1. The zero-order valence-electron chi connectivity index (χ0n) is 50.9. The topological polar surface area (TPSA) is 327 Å². The minimum Gasteiger partial charge on any atom is -0.382 e. The molecule has 3 rings (SSSR count). The number of amides is 8. The van der Waals surface area contributed by atoms with Gasteiger partial charge in [-0.3, -0.25) is 43.2 Å². The van der Waals surface area contributed by atoms with E-state index >= 15 is 0 Å². The normalized spacial score (nSPS) is 21.4. The van der Waals surface area contributed by atoms with Crippen molar-refractivity contribution in [1.82, 2.24) is 68.4 Å². The van der Waals surface area contributed by atoms with Gasteiger partial charge in [0.25, 0.3) is 5.91 Å². The Bertz CT molecular complexity index is 2820. The number of hydrogen-bond acceptors (Lipinski definition) is 16. The van der Waals surface area contributed by atoms with Crippen LogP contribution in [0.3, 0.4) is 0 Å². The molecule has 2 heterocycles. The van der Waals surface area contributed by atoms with Crippen molar-refractivity contribution >= 4 is 145 Å². The Morgan fingerprint density at radius 1 is 0.709 bits per heavy atom. The molecule has 1 aromatic heterocycles. The van der Waals surface area contributed by atoms with E-state index in [1.54, 1.807) is 119 Å². The minimum absolute atomic E-state index is 0.0247. The van der Waals surface area contributed by atoms with Gasteiger partial charge < -0.3 is 68.9 Å². The number of hydrogen-bond donors (Lipinski definition) is 13. The number of ketones is 1. The van der Waals surface area contributed by atoms with E-state index in [9.17, 15) is 48.3 Å². The quantitative estimate of drug-likeness (QED) is 0.0400. The van der Waals surface area contributed by atoms with Crippen molar-refractivity contribution in [2.24, 2.45) is 25.9 Å². The zero-order valence-corrected chi connectivity index (χ0v) is 55.8. The summed E-state index contributed by atoms with van der Waals surface area (Å²) in [5, 5.41) is 46.4. The van der Waals surface area contributed by atoms with Gasteiger partial charge in [-0.25, -0.2) is 9.13 Å². The maximum absolute atomic E-state index is 14.4. The average molecular weight is 1310 g/mol. The number of rotatable bonds is 23. The predicted molar refractivity (Wildman–Crippen MR) is 349 cm³/mol. The van der Waals surface area contributed by atoms with E-state index in [0.29, 0.717) is 22.7 Å². The summed E-state index contributed by atoms with van der Waals surface area (Å²) in [6, 6.07) is -2.30. The third-order valence-electron chi connectivity index (χ3n) is 13.7. The van der Waals surface area contributed by atoms with Crippen LogP contribution in [0.1, 0.15) is 99.9 Å². The van der Waals surface area contributed by atoms with Gasteiger partial charge in [-0.2, -0.15) is 11.8 Å². The third-order valence-corrected chi connectivity index (χ3v) is 17.0. The number of thioether (sulfide) groups is 2. The van der Waals surface area contributed by atoms with Crippen molar-refractivity contribution in [3.05, 3.63) is 65.7 Å². The minimum atomic E-state index is -1.60. The maximum Gasteiger partial charge on any atom is 0.287 e. The van der Waals surface area contributed by atoms with Crippen molar-refractivity contribution in [3.8, 4) is 0 Å². The highest BCUT2D eigenvalue weighted by molar-refractivity contribution is 8.02. The summed E-state index contributed by atoms with van der Waals surface area (Å²) in [5.41, 5.74) is 0.944. The van der Waals surface area contributed by atoms with Crippen molar-refractivity contribution in [3.63, 3.8) is 0 Å². The summed E-state index contributed by atoms with van der Waals surface area (Å²) >= 11 is 25.4. The lowest BCUT2D eigenvalue weighted by atomic mass is 10.0. The molecule has 13 atom stereocenters. The molecule has 0 fully saturated rings. The number of aliphatic hydroxyl groups is 1. The standard InChI is InChI=1S/C56H84N14O10S6/c1-27(2)40-51(79)58-29(5)46(74)63-38(24-36-18-16-15-17-19-36)49(77)68-43(44(72)39-25-69(12)26-70(39)13)50(78)57-21-23-86-35(11)42(52(80)65-40)67-47(75)31(7)60-54(82)33(9)62-53(81)32(8)59-45(73)30(6)61-55(83)37(20-22-85-14)64-56(84)41(28(3)4)66-48(76)34(10)71/h15-19,21,23,25-33,35,37-38,40-44,72H,20,22,24H2,1-14H3,(H11-,57,58,59,60,61,62,63,64,65,66,67,68,73,74,75,76,77,78,79,80,81,82,83,84)/p+1/t29?,30-,31?,32?,33?,35?,37?,38-,40?,41?,42?,43?,44?/m0/s1. The van der Waals surface area contributed by atoms with Crippen LogP contribution < -0.4 is 68.4 Å². The summed E-state index contributed by atoms with van der Waals surface area (Å²) in [6.07, 6.45) is 5.36. The molecule has 8 amide bonds. The highest BCUT2D eigenvalue weighted by Crippen LogP contribution is 2.20. The number of imidazole rings is 1. The van der Waals surface area contributed by atoms with Gasteiger partial charge in [0.05, 0.1) is 58.2 Å². The molecule has 11 unspecified atom stereocenters. The van der Waals surface area contributed by atoms with Crippen LogP contribution in [-0.4, -0.2) is 166 Å². The number of benzene rings is 1. The Morgan fingerprint density at radius 2 is 1.29 bits per heavy atom. The van der Waals surface area contributed by atoms with Crippen LogP contribution in [0.5, 0.6) is 0 Å². The lowest BCUT2D eigenvalue weighted by Gasteiger charge is -2.30. The molecule has 0 saturated heterocycles. The lowest BCUT2D eigenvalue weighted by molar-refractivity contribution is -0.671. The number of aryl methyl sites for hydroxylation is 2. The SMILES string of the molecule is CSCCC(NC(=S)C(NC(=O)C(C)=O)C(C)C)C(=S)N[C@@H](C)C(=O)NC(C)C(=S)NC(C)C(=S)NC(C)C(=O)NC1C(=O)NC(C(C)C)C(=O)NC(C)C(=O)N[C@@H](Cc2ccccc2)C(=O)NC(C(O)c2c[n+](C)cn2C)C(=O)NC=CSC1C. The molecule has 0 bridgehead atoms. The Morgan fingerprint density at radius 3 is 1.86 bits per heavy atom. The Hall–Kier alpha value is -6.18. The third kappa shape index (κ3) is 23.2. The predicted octanol–water partition coefficient (Wildman–Crippen LogP) is 0.138. The van der Waals surface area contributed by atoms with E-state index in [1.807, 2.05) is 20.1 Å². The maximum atomic E-state index is 14.4. The first-order valence-electron chi connectivity index (χ1n) is 28.0. The number of carbonyl (C=O) groups is 9. The number of aromatic nitrogens is 2. The van der Waals surface area contributed by atoms with Gasteiger partial charge >= 0.3 is 0 Å². The number of carbonyl (C=O) groups excluding carboxylic acids is 9. The molecule has 24 nitrogen and oxygen atoms in total. The molecule has 0 aliphatic carbocycles. The van der Waals surface area contributed by atoms with Gasteiger partial charge in [0, 0.05) is 24.8 Å². The largest absolute Gasteiger partial charge is 0.382 e. The van der Waals surface area contributed by atoms with E-state index in [1.165, 1.54) is 32.4 Å². The second kappa shape index (κ2) is 35.6. The van der Waals surface area contributed by atoms with Gasteiger partial charge in [0.1, 0.15) is 54.6 Å². The van der Waals surface area contributed by atoms with Crippen LogP contribution >= 0.6 is 72.4 Å². The molecule has 86 heavy (non-hydrogen) atoms. The fourth-order valence-electron chi connectivity index (χ4n) is 8.43. The van der Waals surface area contributed by atoms with Gasteiger partial charge in [0.2, 0.25) is 53.5 Å². The second-order valence-electron chi connectivity index (χ2n) is 21.7. The zero-order chi connectivity index (χ0) is 64.9. The highest BCUT2D eigenvalue weighted by atomic mass is 32.2. The van der Waals surface area contributed by atoms with Crippen LogP contribution in [0.2, 0.25) is 0 Å². The van der Waals surface area contributed by atoms with Gasteiger partial charge in [0.15, 0.2) is 5.69 Å². The average Bonchev–Trinajstić information content (AvgIpc) is 3.37. The molecule has 1 aliphatic rings. The fraction of sp³-hybridized carbons (Fsp3) is 0.571. The van der Waals surface area contributed by atoms with Crippen LogP contribution in [0.4, 0.5) is 0 Å². The first kappa shape index (κ1) is 74.1. The molecule has 0 radical (unpaired) electrons. The molecule has 2 aromatic rings. The number of nitrogens with one attached hydrogen (secondary N) is 12. The number of aliphatic hydroxyl groups excluding tert-OH is 1. The molecule has 1 aliphatic heterocycles. The molecular formula is C56H85N14O10S6+. The van der Waals surface area contributed by atoms with Gasteiger partial charge in [-0.1, -0.05) is 114 Å². The number of nitrogens with zero attached hydrogens (tertiary/aromatic N) is 2. The molecule has 30 heteroatoms. The first-order valence-corrected chi connectivity index (χ1v) is 31.9. The Balaban J connectivity index is 1.79. The van der Waals surface area contributed by atoms with E-state index in [0.717, 1.165) is 11.8 Å². The number of thiocarbonyl (C=S) groups is 4. The lowest BCUT2D eigenvalue weighted by Crippen LogP contribution is -2.61. The summed E-state index contributed by atoms with van der Waals surface area (Å²) in [6.45, 7) is 17.8. The Kier molecular flexibility index (Phi) is 30.6. The fourth-order valence-corrected chi connectivity index (χ4v) is 10.9. The molecule has 1 aromatic carbocycles. The van der Waals surface area contributed by atoms with Gasteiger partial charge in [-0.05, 0) is 75.9 Å². The molecule has 13 N–H and O–H groups in total. The van der Waals surface area contributed by atoms with Crippen LogP contribution in [0.25, 0.3) is 0 Å². The van der Waals surface area contributed by atoms with Crippen molar-refractivity contribution in [2.45, 2.75) is 167 Å². The second-order valence-corrected chi connectivity index (χ2v) is 25.8. The van der Waals surface area contributed by atoms with Crippen LogP contribution in [0.15, 0.2) is 54.5 Å². The van der Waals surface area contributed by atoms with Gasteiger partial charge in [-0.15, -0.1) is 11.8 Å². The monoisotopic (exact) mass is 1310 g/mol. The Labute approximate surface area is 533 Å². The van der Waals surface area contributed by atoms with E-state index in [4.69, 9.17) is 48.9 Å². The van der Waals surface area contributed by atoms with E-state index in [-0.39, 0.29) is 33.0 Å². The van der Waals surface area contributed by atoms with Crippen molar-refractivity contribution < 1.29 is 52.8 Å². The van der Waals surface area contributed by atoms with Crippen molar-refractivity contribution in [2.75, 3.05) is 12.0 Å². The summed E-state index contributed by atoms with van der Waals surface area (Å²) in [4.78, 5) is 123. The molecule has 474 valence electrons. The smallest absolute Gasteiger partial charge is 0.287 e. The summed E-state index contributed by atoms with van der Waals surface area (Å²) in [5.74, 6) is -6.36. The molecule has 0 spiro atoms.